The molecule has 8 heteroatoms. The minimum absolute atomic E-state index is 0.0492. The Morgan fingerprint density at radius 2 is 1.97 bits per heavy atom. The summed E-state index contributed by atoms with van der Waals surface area (Å²) in [4.78, 5) is 42.0. The standard InChI is InChI=1S/C22H31N3O5/c1-5-19(26)24-11-9-22(10-12-24)25(18(14-30-22)20(27)23-15(2)3)21(28)16-7-6-8-17(13-16)29-4/h6-8,13,15,18H,5,9-12,14H2,1-4H3,(H,23,27)/t18-/m1/s1. The minimum Gasteiger partial charge on any atom is -0.497 e. The number of hydrogen-bond acceptors (Lipinski definition) is 5. The molecule has 1 spiro atoms. The predicted molar refractivity (Wildman–Crippen MR) is 111 cm³/mol. The SMILES string of the molecule is CCC(=O)N1CCC2(CC1)OC[C@H](C(=O)NC(C)C)N2C(=O)c1cccc(OC)c1. The molecular weight excluding hydrogens is 386 g/mol. The maximum Gasteiger partial charge on any atom is 0.257 e. The molecule has 1 aromatic rings. The Morgan fingerprint density at radius 3 is 2.57 bits per heavy atom. The fourth-order valence-electron chi connectivity index (χ4n) is 4.17. The van der Waals surface area contributed by atoms with Gasteiger partial charge in [-0.25, -0.2) is 0 Å². The predicted octanol–water partition coefficient (Wildman–Crippen LogP) is 1.79. The van der Waals surface area contributed by atoms with E-state index in [1.165, 1.54) is 0 Å². The van der Waals surface area contributed by atoms with E-state index in [0.29, 0.717) is 43.7 Å². The minimum atomic E-state index is -0.899. The van der Waals surface area contributed by atoms with Gasteiger partial charge in [0.25, 0.3) is 5.91 Å². The fraction of sp³-hybridized carbons (Fsp3) is 0.591. The molecule has 2 fully saturated rings. The molecule has 30 heavy (non-hydrogen) atoms. The van der Waals surface area contributed by atoms with Crippen molar-refractivity contribution in [3.05, 3.63) is 29.8 Å². The molecule has 2 heterocycles. The third kappa shape index (κ3) is 4.28. The molecule has 0 aliphatic carbocycles. The Hall–Kier alpha value is -2.61. The van der Waals surface area contributed by atoms with Crippen LogP contribution in [0.2, 0.25) is 0 Å². The van der Waals surface area contributed by atoms with Gasteiger partial charge in [0, 0.05) is 44.0 Å². The van der Waals surface area contributed by atoms with Crippen molar-refractivity contribution in [2.24, 2.45) is 0 Å². The van der Waals surface area contributed by atoms with E-state index in [2.05, 4.69) is 5.32 Å². The van der Waals surface area contributed by atoms with Crippen molar-refractivity contribution >= 4 is 17.7 Å². The van der Waals surface area contributed by atoms with Gasteiger partial charge in [-0.15, -0.1) is 0 Å². The van der Waals surface area contributed by atoms with Gasteiger partial charge in [-0.2, -0.15) is 0 Å². The van der Waals surface area contributed by atoms with Gasteiger partial charge in [0.1, 0.15) is 17.5 Å². The van der Waals surface area contributed by atoms with E-state index in [1.807, 2.05) is 20.8 Å². The number of rotatable bonds is 5. The summed E-state index contributed by atoms with van der Waals surface area (Å²) in [6.45, 7) is 6.72. The largest absolute Gasteiger partial charge is 0.497 e. The molecule has 2 aliphatic heterocycles. The number of carbonyl (C=O) groups excluding carboxylic acids is 3. The zero-order chi connectivity index (χ0) is 21.9. The van der Waals surface area contributed by atoms with E-state index in [1.54, 1.807) is 41.2 Å². The molecule has 3 amide bonds. The number of amides is 3. The monoisotopic (exact) mass is 417 g/mol. The van der Waals surface area contributed by atoms with E-state index >= 15 is 0 Å². The number of carbonyl (C=O) groups is 3. The maximum atomic E-state index is 13.6. The zero-order valence-corrected chi connectivity index (χ0v) is 18.1. The summed E-state index contributed by atoms with van der Waals surface area (Å²) in [6.07, 6.45) is 1.39. The average Bonchev–Trinajstić information content (AvgIpc) is 3.11. The van der Waals surface area contributed by atoms with Crippen LogP contribution in [-0.4, -0.2) is 72.1 Å². The quantitative estimate of drug-likeness (QED) is 0.789. The number of ether oxygens (including phenoxy) is 2. The Labute approximate surface area is 177 Å². The van der Waals surface area contributed by atoms with Crippen molar-refractivity contribution in [2.45, 2.75) is 57.8 Å². The van der Waals surface area contributed by atoms with E-state index in [0.717, 1.165) is 0 Å². The van der Waals surface area contributed by atoms with Crippen LogP contribution in [0.15, 0.2) is 24.3 Å². The number of nitrogens with one attached hydrogen (secondary N) is 1. The Balaban J connectivity index is 1.91. The lowest BCUT2D eigenvalue weighted by molar-refractivity contribution is -0.143. The number of methoxy groups -OCH3 is 1. The van der Waals surface area contributed by atoms with Crippen LogP contribution in [0.5, 0.6) is 5.75 Å². The summed E-state index contributed by atoms with van der Waals surface area (Å²) in [5.41, 5.74) is -0.461. The van der Waals surface area contributed by atoms with Gasteiger partial charge in [0.15, 0.2) is 0 Å². The van der Waals surface area contributed by atoms with E-state index in [9.17, 15) is 14.4 Å². The number of nitrogens with zero attached hydrogens (tertiary/aromatic N) is 2. The van der Waals surface area contributed by atoms with Crippen LogP contribution in [0.3, 0.4) is 0 Å². The van der Waals surface area contributed by atoms with Gasteiger partial charge in [0.2, 0.25) is 11.8 Å². The second kappa shape index (κ2) is 9.04. The van der Waals surface area contributed by atoms with Crippen LogP contribution >= 0.6 is 0 Å². The normalized spacial score (nSPS) is 20.5. The first kappa shape index (κ1) is 22.1. The van der Waals surface area contributed by atoms with Crippen molar-refractivity contribution in [2.75, 3.05) is 26.8 Å². The first-order chi connectivity index (χ1) is 14.3. The lowest BCUT2D eigenvalue weighted by Gasteiger charge is -2.44. The van der Waals surface area contributed by atoms with Crippen molar-refractivity contribution in [3.63, 3.8) is 0 Å². The molecule has 0 bridgehead atoms. The summed E-state index contributed by atoms with van der Waals surface area (Å²) in [5.74, 6) is 0.153. The topological polar surface area (TPSA) is 88.2 Å². The van der Waals surface area contributed by atoms with Crippen LogP contribution in [0.25, 0.3) is 0 Å². The van der Waals surface area contributed by atoms with Gasteiger partial charge >= 0.3 is 0 Å². The summed E-state index contributed by atoms with van der Waals surface area (Å²) < 4.78 is 11.4. The van der Waals surface area contributed by atoms with E-state index in [-0.39, 0.29) is 30.4 Å². The Morgan fingerprint density at radius 1 is 1.27 bits per heavy atom. The van der Waals surface area contributed by atoms with Gasteiger partial charge in [0.05, 0.1) is 13.7 Å². The van der Waals surface area contributed by atoms with E-state index < -0.39 is 11.8 Å². The molecule has 164 valence electrons. The Bertz CT molecular complexity index is 802. The molecule has 0 radical (unpaired) electrons. The zero-order valence-electron chi connectivity index (χ0n) is 18.1. The second-order valence-electron chi connectivity index (χ2n) is 8.08. The summed E-state index contributed by atoms with van der Waals surface area (Å²) in [6, 6.07) is 6.13. The second-order valence-corrected chi connectivity index (χ2v) is 8.08. The molecular formula is C22H31N3O5. The molecule has 1 N–H and O–H groups in total. The lowest BCUT2D eigenvalue weighted by Crippen LogP contribution is -2.60. The first-order valence-electron chi connectivity index (χ1n) is 10.5. The van der Waals surface area contributed by atoms with E-state index in [4.69, 9.17) is 9.47 Å². The summed E-state index contributed by atoms with van der Waals surface area (Å²) in [7, 11) is 1.55. The molecule has 2 saturated heterocycles. The van der Waals surface area contributed by atoms with Crippen molar-refractivity contribution in [3.8, 4) is 5.75 Å². The van der Waals surface area contributed by atoms with Crippen LogP contribution < -0.4 is 10.1 Å². The van der Waals surface area contributed by atoms with Crippen LogP contribution in [0.4, 0.5) is 0 Å². The molecule has 2 aliphatic rings. The molecule has 3 rings (SSSR count). The molecule has 1 aromatic carbocycles. The smallest absolute Gasteiger partial charge is 0.257 e. The highest BCUT2D eigenvalue weighted by molar-refractivity contribution is 5.98. The number of likely N-dealkylation sites (tertiary alicyclic amines) is 1. The number of benzene rings is 1. The lowest BCUT2D eigenvalue weighted by atomic mass is 9.96. The van der Waals surface area contributed by atoms with Crippen molar-refractivity contribution in [1.29, 1.82) is 0 Å². The highest BCUT2D eigenvalue weighted by atomic mass is 16.5. The number of hydrogen-bond donors (Lipinski definition) is 1. The molecule has 0 unspecified atom stereocenters. The van der Waals surface area contributed by atoms with Crippen LogP contribution in [0, 0.1) is 0 Å². The van der Waals surface area contributed by atoms with Gasteiger partial charge in [-0.05, 0) is 32.0 Å². The summed E-state index contributed by atoms with van der Waals surface area (Å²) in [5, 5.41) is 2.90. The third-order valence-corrected chi connectivity index (χ3v) is 5.73. The van der Waals surface area contributed by atoms with Gasteiger partial charge in [-0.1, -0.05) is 13.0 Å². The third-order valence-electron chi connectivity index (χ3n) is 5.73. The molecule has 0 aromatic heterocycles. The molecule has 8 nitrogen and oxygen atoms in total. The van der Waals surface area contributed by atoms with Crippen molar-refractivity contribution in [1.82, 2.24) is 15.1 Å². The Kier molecular flexibility index (Phi) is 6.65. The number of piperidine rings is 1. The van der Waals surface area contributed by atoms with Crippen LogP contribution in [-0.2, 0) is 14.3 Å². The fourth-order valence-corrected chi connectivity index (χ4v) is 4.17. The summed E-state index contributed by atoms with van der Waals surface area (Å²) >= 11 is 0. The molecule has 0 saturated carbocycles. The van der Waals surface area contributed by atoms with Gasteiger partial charge in [-0.3, -0.25) is 19.3 Å². The highest BCUT2D eigenvalue weighted by Crippen LogP contribution is 2.39. The first-order valence-corrected chi connectivity index (χ1v) is 10.5. The van der Waals surface area contributed by atoms with Crippen molar-refractivity contribution < 1.29 is 23.9 Å². The average molecular weight is 418 g/mol. The highest BCUT2D eigenvalue weighted by Gasteiger charge is 2.54. The molecule has 1 atom stereocenters. The van der Waals surface area contributed by atoms with Gasteiger partial charge < -0.3 is 19.7 Å². The van der Waals surface area contributed by atoms with Crippen LogP contribution in [0.1, 0.15) is 50.4 Å². The maximum absolute atomic E-state index is 13.6.